The number of carbonyl (C=O) groups excluding carboxylic acids is 1. The van der Waals surface area contributed by atoms with E-state index < -0.39 is 0 Å². The second-order valence-corrected chi connectivity index (χ2v) is 3.68. The molecule has 0 saturated heterocycles. The average Bonchev–Trinajstić information content (AvgIpc) is 2.75. The zero-order chi connectivity index (χ0) is 7.84. The Labute approximate surface area is 67.2 Å². The molecule has 2 fully saturated rings. The van der Waals surface area contributed by atoms with Gasteiger partial charge in [-0.1, -0.05) is 0 Å². The summed E-state index contributed by atoms with van der Waals surface area (Å²) in [5.41, 5.74) is 0. The van der Waals surface area contributed by atoms with E-state index in [1.54, 1.807) is 0 Å². The fourth-order valence-corrected chi connectivity index (χ4v) is 2.24. The molecule has 0 heterocycles. The van der Waals surface area contributed by atoms with Crippen molar-refractivity contribution in [3.05, 3.63) is 0 Å². The third-order valence-electron chi connectivity index (χ3n) is 3.00. The lowest BCUT2D eigenvalue weighted by molar-refractivity contribution is -0.122. The molecular formula is C10H12O. The molecule has 0 aliphatic heterocycles. The Bertz CT molecular complexity index is 224. The van der Waals surface area contributed by atoms with E-state index >= 15 is 0 Å². The van der Waals surface area contributed by atoms with Crippen molar-refractivity contribution in [1.29, 1.82) is 0 Å². The van der Waals surface area contributed by atoms with E-state index in [1.165, 1.54) is 0 Å². The van der Waals surface area contributed by atoms with Crippen molar-refractivity contribution in [2.75, 3.05) is 0 Å². The van der Waals surface area contributed by atoms with Gasteiger partial charge >= 0.3 is 0 Å². The third kappa shape index (κ3) is 1.07. The van der Waals surface area contributed by atoms with Crippen LogP contribution in [0.4, 0.5) is 0 Å². The van der Waals surface area contributed by atoms with Crippen molar-refractivity contribution < 1.29 is 4.79 Å². The molecule has 0 aromatic rings. The highest BCUT2D eigenvalue weighted by Gasteiger charge is 2.49. The molecule has 1 heteroatoms. The number of hydrogen-bond acceptors (Lipinski definition) is 1. The maximum absolute atomic E-state index is 11.1. The van der Waals surface area contributed by atoms with Gasteiger partial charge in [0, 0.05) is 18.8 Å². The molecule has 2 saturated carbocycles. The Morgan fingerprint density at radius 1 is 1.64 bits per heavy atom. The monoisotopic (exact) mass is 148 g/mol. The van der Waals surface area contributed by atoms with Gasteiger partial charge in [0.15, 0.2) is 0 Å². The lowest BCUT2D eigenvalue weighted by atomic mass is 9.86. The van der Waals surface area contributed by atoms with Crippen molar-refractivity contribution in [2.45, 2.75) is 25.7 Å². The van der Waals surface area contributed by atoms with Crippen molar-refractivity contribution in [1.82, 2.24) is 0 Å². The van der Waals surface area contributed by atoms with Gasteiger partial charge in [-0.05, 0) is 24.7 Å². The average molecular weight is 148 g/mol. The fraction of sp³-hybridized carbons (Fsp3) is 0.700. The topological polar surface area (TPSA) is 17.1 Å². The van der Waals surface area contributed by atoms with E-state index in [4.69, 9.17) is 6.42 Å². The van der Waals surface area contributed by atoms with Crippen LogP contribution in [-0.4, -0.2) is 5.78 Å². The van der Waals surface area contributed by atoms with Crippen LogP contribution in [0.3, 0.4) is 0 Å². The normalized spacial score (nSPS) is 41.0. The molecular weight excluding hydrogens is 136 g/mol. The van der Waals surface area contributed by atoms with Gasteiger partial charge in [-0.25, -0.2) is 0 Å². The summed E-state index contributed by atoms with van der Waals surface area (Å²) in [5.74, 6) is 4.95. The number of ketones is 1. The molecule has 2 aliphatic carbocycles. The van der Waals surface area contributed by atoms with Crippen LogP contribution in [0.5, 0.6) is 0 Å². The van der Waals surface area contributed by atoms with Gasteiger partial charge in [-0.15, -0.1) is 12.3 Å². The van der Waals surface area contributed by atoms with Crippen molar-refractivity contribution >= 4 is 5.78 Å². The second kappa shape index (κ2) is 2.37. The number of carbonyl (C=O) groups is 1. The summed E-state index contributed by atoms with van der Waals surface area (Å²) in [6.07, 6.45) is 9.08. The van der Waals surface area contributed by atoms with Crippen LogP contribution < -0.4 is 0 Å². The number of fused-ring (bicyclic) bond motifs is 1. The Balaban J connectivity index is 1.98. The molecule has 3 unspecified atom stereocenters. The summed E-state index contributed by atoms with van der Waals surface area (Å²) in [6, 6.07) is 0. The summed E-state index contributed by atoms with van der Waals surface area (Å²) in [5, 5.41) is 0. The maximum atomic E-state index is 11.1. The number of rotatable bonds is 1. The Kier molecular flexibility index (Phi) is 1.49. The highest BCUT2D eigenvalue weighted by atomic mass is 16.1. The van der Waals surface area contributed by atoms with Gasteiger partial charge in [0.25, 0.3) is 0 Å². The molecule has 0 radical (unpaired) electrons. The first-order valence-electron chi connectivity index (χ1n) is 4.29. The zero-order valence-electron chi connectivity index (χ0n) is 6.55. The van der Waals surface area contributed by atoms with E-state index in [0.717, 1.165) is 25.7 Å². The molecule has 11 heavy (non-hydrogen) atoms. The summed E-state index contributed by atoms with van der Waals surface area (Å²) >= 11 is 0. The zero-order valence-corrected chi connectivity index (χ0v) is 6.55. The molecule has 58 valence electrons. The van der Waals surface area contributed by atoms with Gasteiger partial charge in [-0.2, -0.15) is 0 Å². The highest BCUT2D eigenvalue weighted by molar-refractivity contribution is 5.84. The van der Waals surface area contributed by atoms with Crippen molar-refractivity contribution in [3.63, 3.8) is 0 Å². The smallest absolute Gasteiger partial charge is 0.136 e. The Hall–Kier alpha value is -0.770. The first-order chi connectivity index (χ1) is 5.33. The summed E-state index contributed by atoms with van der Waals surface area (Å²) in [4.78, 5) is 11.1. The number of hydrogen-bond donors (Lipinski definition) is 0. The first-order valence-corrected chi connectivity index (χ1v) is 4.29. The molecule has 0 aromatic carbocycles. The molecule has 0 amide bonds. The minimum absolute atomic E-state index is 0.419. The van der Waals surface area contributed by atoms with Gasteiger partial charge < -0.3 is 0 Å². The standard InChI is InChI=1S/C10H12O/c1-2-3-7-4-5-10(11)9-6-8(7)9/h1,7-9H,3-6H2. The Morgan fingerprint density at radius 2 is 2.45 bits per heavy atom. The summed E-state index contributed by atoms with van der Waals surface area (Å²) < 4.78 is 0. The number of terminal acetylenes is 1. The molecule has 2 rings (SSSR count). The summed E-state index contributed by atoms with van der Waals surface area (Å²) in [7, 11) is 0. The summed E-state index contributed by atoms with van der Waals surface area (Å²) in [6.45, 7) is 0. The SMILES string of the molecule is C#CCC1CCC(=O)C2CC12. The highest BCUT2D eigenvalue weighted by Crippen LogP contribution is 2.51. The molecule has 0 bridgehead atoms. The van der Waals surface area contributed by atoms with Crippen LogP contribution in [0.15, 0.2) is 0 Å². The Morgan fingerprint density at radius 3 is 3.18 bits per heavy atom. The molecule has 2 aliphatic rings. The molecule has 3 atom stereocenters. The largest absolute Gasteiger partial charge is 0.299 e. The van der Waals surface area contributed by atoms with E-state index in [1.807, 2.05) is 0 Å². The van der Waals surface area contributed by atoms with Crippen molar-refractivity contribution in [2.24, 2.45) is 17.8 Å². The third-order valence-corrected chi connectivity index (χ3v) is 3.00. The lowest BCUT2D eigenvalue weighted by Gasteiger charge is -2.17. The quantitative estimate of drug-likeness (QED) is 0.516. The minimum atomic E-state index is 0.419. The van der Waals surface area contributed by atoms with Gasteiger partial charge in [-0.3, -0.25) is 4.79 Å². The van der Waals surface area contributed by atoms with Gasteiger partial charge in [0.05, 0.1) is 0 Å². The van der Waals surface area contributed by atoms with Gasteiger partial charge in [0.1, 0.15) is 5.78 Å². The van der Waals surface area contributed by atoms with E-state index in [9.17, 15) is 4.79 Å². The fourth-order valence-electron chi connectivity index (χ4n) is 2.24. The van der Waals surface area contributed by atoms with Crippen LogP contribution in [0.2, 0.25) is 0 Å². The minimum Gasteiger partial charge on any atom is -0.299 e. The molecule has 0 aromatic heterocycles. The molecule has 0 spiro atoms. The number of Topliss-reactive ketones (excluding diaryl/α,β-unsaturated/α-hetero) is 1. The van der Waals surface area contributed by atoms with Crippen LogP contribution in [0, 0.1) is 30.1 Å². The van der Waals surface area contributed by atoms with E-state index in [0.29, 0.717) is 23.5 Å². The molecule has 1 nitrogen and oxygen atoms in total. The lowest BCUT2D eigenvalue weighted by Crippen LogP contribution is -2.16. The van der Waals surface area contributed by atoms with Gasteiger partial charge in [0.2, 0.25) is 0 Å². The van der Waals surface area contributed by atoms with Crippen LogP contribution >= 0.6 is 0 Å². The second-order valence-electron chi connectivity index (χ2n) is 3.68. The predicted octanol–water partition coefficient (Wildman–Crippen LogP) is 1.62. The van der Waals surface area contributed by atoms with Crippen LogP contribution in [0.1, 0.15) is 25.7 Å². The molecule has 0 N–H and O–H groups in total. The van der Waals surface area contributed by atoms with E-state index in [-0.39, 0.29) is 0 Å². The first kappa shape index (κ1) is 6.91. The van der Waals surface area contributed by atoms with Crippen LogP contribution in [-0.2, 0) is 4.79 Å². The maximum Gasteiger partial charge on any atom is 0.136 e. The van der Waals surface area contributed by atoms with E-state index in [2.05, 4.69) is 5.92 Å². The van der Waals surface area contributed by atoms with Crippen LogP contribution in [0.25, 0.3) is 0 Å². The van der Waals surface area contributed by atoms with Crippen molar-refractivity contribution in [3.8, 4) is 12.3 Å². The predicted molar refractivity (Wildman–Crippen MR) is 42.8 cm³/mol.